The molecule has 3 nitrogen and oxygen atoms in total. The van der Waals surface area contributed by atoms with E-state index in [9.17, 15) is 0 Å². The molecule has 0 amide bonds. The van der Waals surface area contributed by atoms with Crippen LogP contribution in [0.4, 0.5) is 11.5 Å². The van der Waals surface area contributed by atoms with Gasteiger partial charge in [-0.05, 0) is 19.1 Å². The summed E-state index contributed by atoms with van der Waals surface area (Å²) < 4.78 is 0. The quantitative estimate of drug-likeness (QED) is 0.722. The summed E-state index contributed by atoms with van der Waals surface area (Å²) in [5.41, 5.74) is 2.30. The predicted molar refractivity (Wildman–Crippen MR) is 65.9 cm³/mol. The minimum Gasteiger partial charge on any atom is -0.380 e. The van der Waals surface area contributed by atoms with Crippen molar-refractivity contribution in [1.82, 2.24) is 4.98 Å². The Balaban J connectivity index is 2.01. The van der Waals surface area contributed by atoms with E-state index in [1.54, 1.807) is 0 Å². The van der Waals surface area contributed by atoms with E-state index in [-0.39, 0.29) is 0 Å². The smallest absolute Gasteiger partial charge is 0.152 e. The molecule has 0 radical (unpaired) electrons. The summed E-state index contributed by atoms with van der Waals surface area (Å²) in [4.78, 5) is 7.12. The maximum Gasteiger partial charge on any atom is 0.152 e. The van der Waals surface area contributed by atoms with E-state index in [2.05, 4.69) is 46.0 Å². The number of nitrogens with zero attached hydrogens (tertiary/aromatic N) is 2. The molecule has 1 aromatic heterocycles. The van der Waals surface area contributed by atoms with E-state index >= 15 is 0 Å². The van der Waals surface area contributed by atoms with Crippen LogP contribution in [0.25, 0.3) is 0 Å². The van der Waals surface area contributed by atoms with Gasteiger partial charge in [-0.25, -0.2) is 4.98 Å². The molecule has 2 aliphatic rings. The number of aryl methyl sites for hydroxylation is 1. The van der Waals surface area contributed by atoms with Crippen LogP contribution in [0.2, 0.25) is 0 Å². The van der Waals surface area contributed by atoms with E-state index in [1.807, 2.05) is 0 Å². The fourth-order valence-electron chi connectivity index (χ4n) is 2.23. The van der Waals surface area contributed by atoms with Crippen molar-refractivity contribution in [2.24, 2.45) is 0 Å². The minimum absolute atomic E-state index is 0.630. The molecule has 0 spiro atoms. The summed E-state index contributed by atoms with van der Waals surface area (Å²) in [5.74, 6) is 3.61. The topological polar surface area (TPSA) is 28.2 Å². The number of hydrogen-bond acceptors (Lipinski definition) is 4. The van der Waals surface area contributed by atoms with Gasteiger partial charge in [-0.1, -0.05) is 0 Å². The molecular weight excluding hydrogens is 206 g/mol. The fourth-order valence-corrected chi connectivity index (χ4v) is 3.29. The molecule has 0 bridgehead atoms. The van der Waals surface area contributed by atoms with Crippen LogP contribution in [0.3, 0.4) is 0 Å². The molecule has 1 N–H and O–H groups in total. The van der Waals surface area contributed by atoms with Crippen LogP contribution in [0.15, 0.2) is 12.1 Å². The molecule has 0 aliphatic carbocycles. The Morgan fingerprint density at radius 1 is 1.53 bits per heavy atom. The zero-order chi connectivity index (χ0) is 10.3. The summed E-state index contributed by atoms with van der Waals surface area (Å²) in [6, 6.07) is 4.85. The van der Waals surface area contributed by atoms with Gasteiger partial charge in [-0.2, -0.15) is 11.8 Å². The van der Waals surface area contributed by atoms with Crippen LogP contribution in [0.1, 0.15) is 5.69 Å². The second-order valence-electron chi connectivity index (χ2n) is 4.13. The highest BCUT2D eigenvalue weighted by molar-refractivity contribution is 7.99. The van der Waals surface area contributed by atoms with Crippen LogP contribution in [0, 0.1) is 6.92 Å². The standard InChI is InChI=1S/C11H15N3S/c1-8-2-3-10-11(13-8)14-4-5-15-7-9(14)6-12-10/h2-3,9,12H,4-7H2,1H3. The van der Waals surface area contributed by atoms with Crippen LogP contribution < -0.4 is 10.2 Å². The Morgan fingerprint density at radius 2 is 2.47 bits per heavy atom. The Hall–Kier alpha value is -0.900. The lowest BCUT2D eigenvalue weighted by Crippen LogP contribution is -2.49. The molecule has 0 aromatic carbocycles. The molecule has 4 heteroatoms. The van der Waals surface area contributed by atoms with Crippen molar-refractivity contribution in [2.75, 3.05) is 34.8 Å². The van der Waals surface area contributed by atoms with Crippen LogP contribution in [-0.2, 0) is 0 Å². The second kappa shape index (κ2) is 3.59. The number of nitrogens with one attached hydrogen (secondary N) is 1. The van der Waals surface area contributed by atoms with E-state index in [1.165, 1.54) is 17.2 Å². The summed E-state index contributed by atoms with van der Waals surface area (Å²) in [7, 11) is 0. The van der Waals surface area contributed by atoms with Gasteiger partial charge in [-0.15, -0.1) is 0 Å². The first-order valence-corrected chi connectivity index (χ1v) is 6.56. The summed E-state index contributed by atoms with van der Waals surface area (Å²) in [6.07, 6.45) is 0. The number of rotatable bonds is 0. The third-order valence-corrected chi connectivity index (χ3v) is 4.13. The molecule has 15 heavy (non-hydrogen) atoms. The van der Waals surface area contributed by atoms with Crippen molar-refractivity contribution in [2.45, 2.75) is 13.0 Å². The maximum atomic E-state index is 4.65. The Morgan fingerprint density at radius 3 is 3.40 bits per heavy atom. The van der Waals surface area contributed by atoms with Crippen LogP contribution in [0.5, 0.6) is 0 Å². The molecular formula is C11H15N3S. The molecule has 80 valence electrons. The summed E-state index contributed by atoms with van der Waals surface area (Å²) in [5, 5.41) is 3.47. The first-order valence-electron chi connectivity index (χ1n) is 5.40. The molecule has 3 heterocycles. The highest BCUT2D eigenvalue weighted by Crippen LogP contribution is 2.32. The Labute approximate surface area is 94.3 Å². The van der Waals surface area contributed by atoms with Gasteiger partial charge in [0.1, 0.15) is 0 Å². The SMILES string of the molecule is Cc1ccc2c(n1)N1CCSCC1CN2. The molecule has 1 unspecified atom stereocenters. The largest absolute Gasteiger partial charge is 0.380 e. The molecule has 1 atom stereocenters. The number of anilines is 2. The van der Waals surface area contributed by atoms with Crippen molar-refractivity contribution in [3.05, 3.63) is 17.8 Å². The molecule has 1 fully saturated rings. The van der Waals surface area contributed by atoms with Gasteiger partial charge in [0, 0.05) is 30.3 Å². The molecule has 0 saturated carbocycles. The van der Waals surface area contributed by atoms with Gasteiger partial charge in [0.05, 0.1) is 11.7 Å². The lowest BCUT2D eigenvalue weighted by Gasteiger charge is -2.41. The lowest BCUT2D eigenvalue weighted by molar-refractivity contribution is 0.646. The van der Waals surface area contributed by atoms with Gasteiger partial charge in [0.2, 0.25) is 0 Å². The van der Waals surface area contributed by atoms with E-state index in [0.29, 0.717) is 6.04 Å². The van der Waals surface area contributed by atoms with Gasteiger partial charge >= 0.3 is 0 Å². The normalized spacial score (nSPS) is 24.1. The number of fused-ring (bicyclic) bond motifs is 3. The van der Waals surface area contributed by atoms with Crippen molar-refractivity contribution >= 4 is 23.3 Å². The maximum absolute atomic E-state index is 4.65. The fraction of sp³-hybridized carbons (Fsp3) is 0.545. The number of pyridine rings is 1. The number of aromatic nitrogens is 1. The first kappa shape index (κ1) is 9.33. The van der Waals surface area contributed by atoms with Crippen molar-refractivity contribution in [3.8, 4) is 0 Å². The monoisotopic (exact) mass is 221 g/mol. The lowest BCUT2D eigenvalue weighted by atomic mass is 10.1. The van der Waals surface area contributed by atoms with E-state index in [0.717, 1.165) is 24.6 Å². The van der Waals surface area contributed by atoms with Gasteiger partial charge < -0.3 is 10.2 Å². The molecule has 1 aromatic rings. The second-order valence-corrected chi connectivity index (χ2v) is 5.28. The zero-order valence-electron chi connectivity index (χ0n) is 8.86. The van der Waals surface area contributed by atoms with Crippen LogP contribution >= 0.6 is 11.8 Å². The molecule has 1 saturated heterocycles. The minimum atomic E-state index is 0.630. The average Bonchev–Trinajstić information content (AvgIpc) is 2.29. The van der Waals surface area contributed by atoms with Crippen molar-refractivity contribution in [1.29, 1.82) is 0 Å². The highest BCUT2D eigenvalue weighted by Gasteiger charge is 2.29. The average molecular weight is 221 g/mol. The third-order valence-electron chi connectivity index (χ3n) is 3.04. The Bertz CT molecular complexity index is 380. The molecule has 2 aliphatic heterocycles. The van der Waals surface area contributed by atoms with Gasteiger partial charge in [0.25, 0.3) is 0 Å². The highest BCUT2D eigenvalue weighted by atomic mass is 32.2. The molecule has 3 rings (SSSR count). The number of hydrogen-bond donors (Lipinski definition) is 1. The number of thioether (sulfide) groups is 1. The third kappa shape index (κ3) is 1.57. The summed E-state index contributed by atoms with van der Waals surface area (Å²) >= 11 is 2.05. The van der Waals surface area contributed by atoms with Gasteiger partial charge in [-0.3, -0.25) is 0 Å². The van der Waals surface area contributed by atoms with Crippen LogP contribution in [-0.4, -0.2) is 35.6 Å². The van der Waals surface area contributed by atoms with E-state index < -0.39 is 0 Å². The summed E-state index contributed by atoms with van der Waals surface area (Å²) in [6.45, 7) is 4.26. The predicted octanol–water partition coefficient (Wildman–Crippen LogP) is 1.74. The van der Waals surface area contributed by atoms with Gasteiger partial charge in [0.15, 0.2) is 5.82 Å². The van der Waals surface area contributed by atoms with E-state index in [4.69, 9.17) is 0 Å². The van der Waals surface area contributed by atoms with Crippen molar-refractivity contribution in [3.63, 3.8) is 0 Å². The Kier molecular flexibility index (Phi) is 2.24. The zero-order valence-corrected chi connectivity index (χ0v) is 9.68. The first-order chi connectivity index (χ1) is 7.34. The van der Waals surface area contributed by atoms with Crippen molar-refractivity contribution < 1.29 is 0 Å².